The van der Waals surface area contributed by atoms with Crippen LogP contribution in [0.4, 0.5) is 0 Å². The molecule has 0 amide bonds. The second-order valence-electron chi connectivity index (χ2n) is 4.44. The monoisotopic (exact) mass is 228 g/mol. The van der Waals surface area contributed by atoms with E-state index in [1.807, 2.05) is 48.9 Å². The van der Waals surface area contributed by atoms with Gasteiger partial charge < -0.3 is 0 Å². The third-order valence-electron chi connectivity index (χ3n) is 3.25. The van der Waals surface area contributed by atoms with Crippen LogP contribution in [0.1, 0.15) is 28.6 Å². The van der Waals surface area contributed by atoms with E-state index in [9.17, 15) is 0 Å². The van der Waals surface area contributed by atoms with Crippen LogP contribution in [0, 0.1) is 6.92 Å². The molecule has 0 radical (unpaired) electrons. The number of pyridine rings is 1. The lowest BCUT2D eigenvalue weighted by atomic mass is 10.0. The molecule has 1 aromatic carbocycles. The third kappa shape index (κ3) is 1.76. The van der Waals surface area contributed by atoms with Crippen LogP contribution < -0.4 is 4.57 Å². The Hall–Kier alpha value is -1.63. The quantitative estimate of drug-likeness (QED) is 0.661. The summed E-state index contributed by atoms with van der Waals surface area (Å²) in [7, 11) is 1.88. The van der Waals surface area contributed by atoms with Crippen LogP contribution in [0.25, 0.3) is 11.3 Å². The highest BCUT2D eigenvalue weighted by molar-refractivity contribution is 5.61. The van der Waals surface area contributed by atoms with Crippen molar-refractivity contribution >= 4 is 0 Å². The predicted octanol–water partition coefficient (Wildman–Crippen LogP) is 2.98. The number of rotatable bonds is 1. The summed E-state index contributed by atoms with van der Waals surface area (Å²) in [5.74, 6) is 0. The molecule has 0 saturated carbocycles. The number of hydrogen-bond acceptors (Lipinski definition) is 0. The van der Waals surface area contributed by atoms with Gasteiger partial charge in [0.05, 0.1) is 0 Å². The highest BCUT2D eigenvalue weighted by Crippen LogP contribution is 2.26. The highest BCUT2D eigenvalue weighted by Gasteiger charge is 2.19. The number of aryl methyl sites for hydroxylation is 4. The molecule has 1 heteroatoms. The highest BCUT2D eigenvalue weighted by atomic mass is 14.9. The average molecular weight is 228 g/mol. The Morgan fingerprint density at radius 3 is 2.76 bits per heavy atom. The van der Waals surface area contributed by atoms with Gasteiger partial charge in [-0.25, -0.2) is 4.57 Å². The number of aromatic nitrogens is 1. The topological polar surface area (TPSA) is 3.88 Å². The Balaban J connectivity index is 2.26. The van der Waals surface area contributed by atoms with E-state index >= 15 is 0 Å². The molecule has 0 saturated heterocycles. The Bertz CT molecular complexity index is 722. The molecule has 0 spiro atoms. The number of benzene rings is 1. The molecule has 2 aromatic rings. The minimum absolute atomic E-state index is 0.118. The number of nitrogens with zero attached hydrogens (tertiary/aromatic N) is 1. The van der Waals surface area contributed by atoms with E-state index in [1.54, 1.807) is 6.20 Å². The summed E-state index contributed by atoms with van der Waals surface area (Å²) in [5, 5.41) is 0. The van der Waals surface area contributed by atoms with E-state index in [2.05, 4.69) is 0 Å². The van der Waals surface area contributed by atoms with Crippen molar-refractivity contribution in [3.8, 4) is 11.3 Å². The Labute approximate surface area is 108 Å². The SMILES string of the molecule is [2H]C1([2H])CC([2H])([2H])c2c[n+](C)c(-c3ccccc3C)cc21. The fraction of sp³-hybridized carbons (Fsp3) is 0.312. The van der Waals surface area contributed by atoms with Crippen molar-refractivity contribution in [3.05, 3.63) is 53.2 Å². The lowest BCUT2D eigenvalue weighted by Gasteiger charge is -2.06. The number of hydrogen-bond donors (Lipinski definition) is 0. The Morgan fingerprint density at radius 1 is 1.18 bits per heavy atom. The van der Waals surface area contributed by atoms with Crippen molar-refractivity contribution in [3.63, 3.8) is 0 Å². The fourth-order valence-corrected chi connectivity index (χ4v) is 2.30. The second kappa shape index (κ2) is 3.99. The van der Waals surface area contributed by atoms with Crippen molar-refractivity contribution in [2.75, 3.05) is 0 Å². The van der Waals surface area contributed by atoms with Crippen LogP contribution in [0.3, 0.4) is 0 Å². The molecule has 1 heterocycles. The lowest BCUT2D eigenvalue weighted by Crippen LogP contribution is -2.31. The van der Waals surface area contributed by atoms with Gasteiger partial charge in [-0.15, -0.1) is 0 Å². The van der Waals surface area contributed by atoms with Gasteiger partial charge in [-0.3, -0.25) is 0 Å². The molecule has 17 heavy (non-hydrogen) atoms. The summed E-state index contributed by atoms with van der Waals surface area (Å²) < 4.78 is 34.2. The number of fused-ring (bicyclic) bond motifs is 1. The van der Waals surface area contributed by atoms with Crippen LogP contribution in [0.5, 0.6) is 0 Å². The standard InChI is InChI=1S/C16H18N/c1-12-6-3-4-9-15(12)16-10-13-7-5-8-14(13)11-17(16)2/h3-4,6,9-11H,5,7-8H2,1-2H3/q+1/i7D2,8D2. The average Bonchev–Trinajstić information content (AvgIpc) is 2.55. The van der Waals surface area contributed by atoms with Crippen LogP contribution in [-0.4, -0.2) is 0 Å². The first-order valence-electron chi connectivity index (χ1n) is 7.83. The zero-order valence-electron chi connectivity index (χ0n) is 14.1. The molecule has 1 aliphatic carbocycles. The molecule has 0 N–H and O–H groups in total. The third-order valence-corrected chi connectivity index (χ3v) is 3.25. The molecule has 0 atom stereocenters. The molecule has 3 rings (SSSR count). The van der Waals surface area contributed by atoms with Gasteiger partial charge in [0.15, 0.2) is 6.20 Å². The maximum atomic E-state index is 8.12. The lowest BCUT2D eigenvalue weighted by molar-refractivity contribution is -0.660. The van der Waals surface area contributed by atoms with Crippen molar-refractivity contribution < 1.29 is 10.1 Å². The van der Waals surface area contributed by atoms with E-state index in [1.165, 1.54) is 0 Å². The van der Waals surface area contributed by atoms with Crippen molar-refractivity contribution in [2.45, 2.75) is 26.1 Å². The van der Waals surface area contributed by atoms with Gasteiger partial charge in [-0.05, 0) is 43.3 Å². The Morgan fingerprint density at radius 2 is 1.94 bits per heavy atom. The molecule has 0 bridgehead atoms. The molecular formula is C16H18N+. The summed E-state index contributed by atoms with van der Waals surface area (Å²) in [6, 6.07) is 9.78. The van der Waals surface area contributed by atoms with Crippen LogP contribution in [0.15, 0.2) is 36.5 Å². The molecule has 0 fully saturated rings. The maximum Gasteiger partial charge on any atom is 0.212 e. The maximum absolute atomic E-state index is 8.12. The van der Waals surface area contributed by atoms with Crippen LogP contribution in [-0.2, 0) is 19.8 Å². The molecule has 1 nitrogen and oxygen atoms in total. The van der Waals surface area contributed by atoms with E-state index in [-0.39, 0.29) is 6.42 Å². The van der Waals surface area contributed by atoms with Gasteiger partial charge in [0.1, 0.15) is 7.05 Å². The first-order valence-corrected chi connectivity index (χ1v) is 5.83. The first kappa shape index (κ1) is 6.95. The first-order chi connectivity index (χ1) is 9.72. The van der Waals surface area contributed by atoms with E-state index in [4.69, 9.17) is 5.48 Å². The van der Waals surface area contributed by atoms with Gasteiger partial charge in [0.2, 0.25) is 5.69 Å². The van der Waals surface area contributed by atoms with Crippen LogP contribution in [0.2, 0.25) is 0 Å². The van der Waals surface area contributed by atoms with Crippen molar-refractivity contribution in [2.24, 2.45) is 7.05 Å². The normalized spacial score (nSPS) is 23.2. The molecule has 86 valence electrons. The van der Waals surface area contributed by atoms with Gasteiger partial charge in [-0.1, -0.05) is 18.2 Å². The molecular weight excluding hydrogens is 206 g/mol. The second-order valence-corrected chi connectivity index (χ2v) is 4.44. The van der Waals surface area contributed by atoms with E-state index < -0.39 is 12.7 Å². The van der Waals surface area contributed by atoms with Crippen molar-refractivity contribution in [1.82, 2.24) is 0 Å². The molecule has 0 aliphatic heterocycles. The summed E-state index contributed by atoms with van der Waals surface area (Å²) >= 11 is 0. The van der Waals surface area contributed by atoms with Crippen LogP contribution >= 0.6 is 0 Å². The molecule has 0 unspecified atom stereocenters. The van der Waals surface area contributed by atoms with Gasteiger partial charge >= 0.3 is 0 Å². The molecule has 1 aliphatic rings. The summed E-state index contributed by atoms with van der Waals surface area (Å²) in [6.45, 7) is 2.02. The van der Waals surface area contributed by atoms with Crippen molar-refractivity contribution in [1.29, 1.82) is 0 Å². The van der Waals surface area contributed by atoms with E-state index in [0.29, 0.717) is 11.1 Å². The smallest absolute Gasteiger partial charge is 0.201 e. The summed E-state index contributed by atoms with van der Waals surface area (Å²) in [6.07, 6.45) is -1.61. The molecule has 1 aromatic heterocycles. The largest absolute Gasteiger partial charge is 0.212 e. The summed E-state index contributed by atoms with van der Waals surface area (Å²) in [5.41, 5.74) is 4.02. The minimum Gasteiger partial charge on any atom is -0.201 e. The minimum atomic E-state index is -1.62. The zero-order chi connectivity index (χ0) is 15.4. The predicted molar refractivity (Wildman–Crippen MR) is 69.8 cm³/mol. The summed E-state index contributed by atoms with van der Waals surface area (Å²) in [4.78, 5) is 0. The Kier molecular flexibility index (Phi) is 1.63. The fourth-order valence-electron chi connectivity index (χ4n) is 2.30. The zero-order valence-corrected chi connectivity index (χ0v) is 10.1. The van der Waals surface area contributed by atoms with E-state index in [0.717, 1.165) is 16.8 Å². The van der Waals surface area contributed by atoms with Gasteiger partial charge in [0.25, 0.3) is 0 Å². The van der Waals surface area contributed by atoms with Gasteiger partial charge in [0, 0.05) is 22.7 Å². The van der Waals surface area contributed by atoms with Gasteiger partial charge in [-0.2, -0.15) is 0 Å².